The van der Waals surface area contributed by atoms with Crippen molar-refractivity contribution < 1.29 is 17.9 Å². The summed E-state index contributed by atoms with van der Waals surface area (Å²) < 4.78 is 51.5. The predicted molar refractivity (Wildman–Crippen MR) is 178 cm³/mol. The SMILES string of the molecule is CC1Cc2c(n3ncc(Cc4ccccc4)c3n(-c3ccc(-c4ncnn4C)cc3)c2=O)CN1COCc1ccc(Br)c(C(F)(F)F)c1. The van der Waals surface area contributed by atoms with Gasteiger partial charge in [-0.3, -0.25) is 14.3 Å². The summed E-state index contributed by atoms with van der Waals surface area (Å²) in [7, 11) is 1.83. The molecule has 0 saturated heterocycles. The Labute approximate surface area is 282 Å². The van der Waals surface area contributed by atoms with Crippen LogP contribution in [0.2, 0.25) is 0 Å². The molecule has 1 atom stereocenters. The van der Waals surface area contributed by atoms with Crippen molar-refractivity contribution in [3.63, 3.8) is 0 Å². The lowest BCUT2D eigenvalue weighted by Crippen LogP contribution is -2.44. The lowest BCUT2D eigenvalue weighted by Gasteiger charge is -2.34. The minimum Gasteiger partial charge on any atom is -0.361 e. The van der Waals surface area contributed by atoms with Gasteiger partial charge in [-0.05, 0) is 60.9 Å². The maximum absolute atomic E-state index is 14.4. The second-order valence-electron chi connectivity index (χ2n) is 12.0. The summed E-state index contributed by atoms with van der Waals surface area (Å²) in [5.41, 5.74) is 5.26. The molecule has 6 aromatic rings. The topological polar surface area (TPSA) is 82.5 Å². The van der Waals surface area contributed by atoms with E-state index in [-0.39, 0.29) is 29.4 Å². The van der Waals surface area contributed by atoms with Crippen LogP contribution in [0.5, 0.6) is 0 Å². The molecule has 0 amide bonds. The normalized spacial score (nSPS) is 15.2. The molecule has 3 aromatic heterocycles. The third-order valence-corrected chi connectivity index (χ3v) is 9.46. The fourth-order valence-electron chi connectivity index (χ4n) is 6.26. The molecular weight excluding hydrogens is 687 g/mol. The summed E-state index contributed by atoms with van der Waals surface area (Å²) in [6, 6.07) is 21.7. The number of ether oxygens (including phenoxy) is 1. The Morgan fingerprint density at radius 3 is 2.48 bits per heavy atom. The standard InChI is InChI=1S/C35H31BrF3N7O2/c1-22-14-28-31(18-44(22)21-48-19-24-8-13-30(36)29(16-24)35(37,38)39)46-33(26(17-41-46)15-23-6-4-3-5-7-23)45(34(28)47)27-11-9-25(10-12-27)32-40-20-42-43(32)2/h3-13,16-17,20,22H,14-15,18-19,21H2,1-2H3. The summed E-state index contributed by atoms with van der Waals surface area (Å²) in [6.45, 7) is 2.58. The molecule has 0 N–H and O–H groups in total. The van der Waals surface area contributed by atoms with E-state index in [0.29, 0.717) is 41.8 Å². The summed E-state index contributed by atoms with van der Waals surface area (Å²) in [5.74, 6) is 0.718. The van der Waals surface area contributed by atoms with Crippen molar-refractivity contribution in [1.29, 1.82) is 0 Å². The highest BCUT2D eigenvalue weighted by Crippen LogP contribution is 2.35. The summed E-state index contributed by atoms with van der Waals surface area (Å²) in [4.78, 5) is 20.9. The Morgan fingerprint density at radius 1 is 1.00 bits per heavy atom. The van der Waals surface area contributed by atoms with Crippen LogP contribution in [0.25, 0.3) is 22.7 Å². The van der Waals surface area contributed by atoms with Crippen molar-refractivity contribution in [2.75, 3.05) is 6.73 Å². The zero-order chi connectivity index (χ0) is 33.6. The van der Waals surface area contributed by atoms with E-state index in [1.165, 1.54) is 12.4 Å². The highest BCUT2D eigenvalue weighted by atomic mass is 79.9. The molecule has 13 heteroatoms. The summed E-state index contributed by atoms with van der Waals surface area (Å²) in [6.07, 6.45) is -0.120. The van der Waals surface area contributed by atoms with Crippen LogP contribution < -0.4 is 5.56 Å². The molecule has 0 radical (unpaired) electrons. The first-order chi connectivity index (χ1) is 23.1. The predicted octanol–water partition coefficient (Wildman–Crippen LogP) is 6.57. The van der Waals surface area contributed by atoms with Crippen LogP contribution in [0, 0.1) is 0 Å². The molecule has 3 aromatic carbocycles. The Kier molecular flexibility index (Phi) is 8.52. The minimum absolute atomic E-state index is 0.0107. The molecule has 48 heavy (non-hydrogen) atoms. The number of halogens is 4. The van der Waals surface area contributed by atoms with E-state index < -0.39 is 11.7 Å². The van der Waals surface area contributed by atoms with Crippen LogP contribution in [-0.2, 0) is 44.0 Å². The van der Waals surface area contributed by atoms with Gasteiger partial charge in [-0.2, -0.15) is 23.4 Å². The summed E-state index contributed by atoms with van der Waals surface area (Å²) in [5, 5.41) is 8.98. The quantitative estimate of drug-likeness (QED) is 0.177. The average molecular weight is 719 g/mol. The third kappa shape index (κ3) is 6.09. The van der Waals surface area contributed by atoms with Gasteiger partial charge in [0.1, 0.15) is 18.7 Å². The molecular formula is C35H31BrF3N7O2. The number of benzene rings is 3. The molecule has 1 aliphatic heterocycles. The molecule has 0 aliphatic carbocycles. The lowest BCUT2D eigenvalue weighted by atomic mass is 9.99. The van der Waals surface area contributed by atoms with Gasteiger partial charge in [-0.15, -0.1) is 0 Å². The van der Waals surface area contributed by atoms with Crippen LogP contribution in [-0.4, -0.2) is 46.6 Å². The number of nitrogens with zero attached hydrogens (tertiary/aromatic N) is 7. The first-order valence-corrected chi connectivity index (χ1v) is 16.2. The Hall–Kier alpha value is -4.59. The Morgan fingerprint density at radius 2 is 1.77 bits per heavy atom. The highest BCUT2D eigenvalue weighted by Gasteiger charge is 2.33. The van der Waals surface area contributed by atoms with Gasteiger partial charge in [0, 0.05) is 47.2 Å². The number of hydrogen-bond acceptors (Lipinski definition) is 6. The van der Waals surface area contributed by atoms with E-state index in [1.807, 2.05) is 79.3 Å². The van der Waals surface area contributed by atoms with Crippen molar-refractivity contribution in [2.24, 2.45) is 7.05 Å². The number of rotatable bonds is 8. The molecule has 7 rings (SSSR count). The van der Waals surface area contributed by atoms with Gasteiger partial charge in [0.2, 0.25) is 0 Å². The minimum atomic E-state index is -4.47. The second-order valence-corrected chi connectivity index (χ2v) is 12.8. The molecule has 0 bridgehead atoms. The first-order valence-electron chi connectivity index (χ1n) is 15.4. The van der Waals surface area contributed by atoms with Crippen LogP contribution in [0.1, 0.15) is 40.4 Å². The van der Waals surface area contributed by atoms with Gasteiger partial charge in [0.25, 0.3) is 5.56 Å². The van der Waals surface area contributed by atoms with Gasteiger partial charge in [-0.25, -0.2) is 14.2 Å². The van der Waals surface area contributed by atoms with Gasteiger partial charge in [0.15, 0.2) is 5.82 Å². The van der Waals surface area contributed by atoms with Crippen molar-refractivity contribution in [3.8, 4) is 17.1 Å². The zero-order valence-corrected chi connectivity index (χ0v) is 27.7. The Balaban J connectivity index is 1.23. The van der Waals surface area contributed by atoms with Crippen molar-refractivity contribution in [3.05, 3.63) is 134 Å². The Bertz CT molecular complexity index is 2160. The van der Waals surface area contributed by atoms with Gasteiger partial charge < -0.3 is 4.74 Å². The van der Waals surface area contributed by atoms with Gasteiger partial charge >= 0.3 is 6.18 Å². The average Bonchev–Trinajstić information content (AvgIpc) is 3.69. The maximum atomic E-state index is 14.4. The van der Waals surface area contributed by atoms with Crippen molar-refractivity contribution in [1.82, 2.24) is 33.8 Å². The van der Waals surface area contributed by atoms with E-state index in [1.54, 1.807) is 15.3 Å². The second kappa shape index (κ2) is 12.8. The third-order valence-electron chi connectivity index (χ3n) is 8.76. The lowest BCUT2D eigenvalue weighted by molar-refractivity contribution is -0.138. The van der Waals surface area contributed by atoms with E-state index in [9.17, 15) is 18.0 Å². The molecule has 4 heterocycles. The smallest absolute Gasteiger partial charge is 0.361 e. The number of alkyl halides is 3. The number of aryl methyl sites for hydroxylation is 1. The monoisotopic (exact) mass is 717 g/mol. The van der Waals surface area contributed by atoms with E-state index in [2.05, 4.69) is 30.9 Å². The maximum Gasteiger partial charge on any atom is 0.417 e. The fourth-order valence-corrected chi connectivity index (χ4v) is 6.74. The van der Waals surface area contributed by atoms with Crippen molar-refractivity contribution in [2.45, 2.75) is 45.1 Å². The van der Waals surface area contributed by atoms with E-state index >= 15 is 0 Å². The van der Waals surface area contributed by atoms with E-state index in [4.69, 9.17) is 9.84 Å². The molecule has 0 saturated carbocycles. The van der Waals surface area contributed by atoms with Crippen LogP contribution >= 0.6 is 15.9 Å². The zero-order valence-electron chi connectivity index (χ0n) is 26.2. The van der Waals surface area contributed by atoms with Gasteiger partial charge in [-0.1, -0.05) is 52.3 Å². The largest absolute Gasteiger partial charge is 0.417 e. The fraction of sp³-hybridized carbons (Fsp3) is 0.257. The first kappa shape index (κ1) is 32.0. The molecule has 1 unspecified atom stereocenters. The van der Waals surface area contributed by atoms with Gasteiger partial charge in [0.05, 0.1) is 29.7 Å². The highest BCUT2D eigenvalue weighted by molar-refractivity contribution is 9.10. The molecule has 246 valence electrons. The molecule has 0 spiro atoms. The van der Waals surface area contributed by atoms with E-state index in [0.717, 1.165) is 34.3 Å². The molecule has 9 nitrogen and oxygen atoms in total. The number of hydrogen-bond donors (Lipinski definition) is 0. The number of aromatic nitrogens is 6. The van der Waals surface area contributed by atoms with Crippen LogP contribution in [0.15, 0.2) is 94.6 Å². The van der Waals surface area contributed by atoms with Crippen molar-refractivity contribution >= 4 is 21.6 Å². The number of fused-ring (bicyclic) bond motifs is 3. The van der Waals surface area contributed by atoms with Crippen LogP contribution in [0.3, 0.4) is 0 Å². The van der Waals surface area contributed by atoms with Crippen LogP contribution in [0.4, 0.5) is 13.2 Å². The molecule has 0 fully saturated rings. The molecule has 1 aliphatic rings. The summed E-state index contributed by atoms with van der Waals surface area (Å²) >= 11 is 2.99.